The smallest absolute Gasteiger partial charge is 0.416 e. The molecule has 0 spiro atoms. The molecule has 0 amide bonds. The first kappa shape index (κ1) is 19.9. The van der Waals surface area contributed by atoms with E-state index in [9.17, 15) is 13.2 Å². The third kappa shape index (κ3) is 5.60. The van der Waals surface area contributed by atoms with Crippen LogP contribution in [-0.4, -0.2) is 6.21 Å². The second-order valence-corrected chi connectivity index (χ2v) is 6.82. The van der Waals surface area contributed by atoms with Crippen molar-refractivity contribution in [2.45, 2.75) is 12.8 Å². The second kappa shape index (κ2) is 8.93. The predicted octanol–water partition coefficient (Wildman–Crippen LogP) is 6.49. The summed E-state index contributed by atoms with van der Waals surface area (Å²) in [6.07, 6.45) is -2.88. The van der Waals surface area contributed by atoms with Crippen LogP contribution in [0.4, 0.5) is 18.9 Å². The molecule has 1 N–H and O–H groups in total. The average Bonchev–Trinajstić information content (AvgIpc) is 2.68. The minimum Gasteiger partial charge on any atom is -0.488 e. The highest BCUT2D eigenvalue weighted by Crippen LogP contribution is 2.30. The molecule has 0 aromatic heterocycles. The Hall–Kier alpha value is -2.80. The fraction of sp³-hybridized carbons (Fsp3) is 0.0952. The highest BCUT2D eigenvalue weighted by atomic mass is 79.9. The lowest BCUT2D eigenvalue weighted by molar-refractivity contribution is -0.137. The number of hydrazone groups is 1. The Labute approximate surface area is 169 Å². The molecule has 144 valence electrons. The van der Waals surface area contributed by atoms with E-state index in [1.807, 2.05) is 48.5 Å². The van der Waals surface area contributed by atoms with Crippen LogP contribution in [-0.2, 0) is 12.8 Å². The van der Waals surface area contributed by atoms with Crippen LogP contribution >= 0.6 is 15.9 Å². The maximum absolute atomic E-state index is 12.8. The molecule has 28 heavy (non-hydrogen) atoms. The van der Waals surface area contributed by atoms with Gasteiger partial charge >= 0.3 is 6.18 Å². The Morgan fingerprint density at radius 2 is 1.71 bits per heavy atom. The number of hydrogen-bond acceptors (Lipinski definition) is 3. The van der Waals surface area contributed by atoms with E-state index in [1.54, 1.807) is 0 Å². The van der Waals surface area contributed by atoms with Crippen LogP contribution < -0.4 is 10.2 Å². The van der Waals surface area contributed by atoms with Crippen molar-refractivity contribution in [3.63, 3.8) is 0 Å². The standard InChI is InChI=1S/C21H16BrF3N2O/c22-18-10-8-15(9-11-18)14-28-20-7-2-1-4-16(20)13-26-27-19-6-3-5-17(12-19)21(23,24)25/h1-13,27H,14H2. The summed E-state index contributed by atoms with van der Waals surface area (Å²) in [4.78, 5) is 0. The number of ether oxygens (including phenoxy) is 1. The quantitative estimate of drug-likeness (QED) is 0.345. The van der Waals surface area contributed by atoms with Gasteiger partial charge < -0.3 is 4.74 Å². The zero-order chi connectivity index (χ0) is 20.0. The third-order valence-corrected chi connectivity index (χ3v) is 4.34. The van der Waals surface area contributed by atoms with Gasteiger partial charge in [-0.05, 0) is 48.0 Å². The molecule has 0 saturated carbocycles. The fourth-order valence-electron chi connectivity index (χ4n) is 2.40. The lowest BCUT2D eigenvalue weighted by Gasteiger charge is -2.10. The summed E-state index contributed by atoms with van der Waals surface area (Å²) in [6.45, 7) is 0.388. The number of benzene rings is 3. The van der Waals surface area contributed by atoms with E-state index in [0.29, 0.717) is 17.9 Å². The Morgan fingerprint density at radius 1 is 0.964 bits per heavy atom. The van der Waals surface area contributed by atoms with E-state index in [0.717, 1.165) is 22.2 Å². The maximum Gasteiger partial charge on any atom is 0.416 e. The molecule has 0 saturated heterocycles. The van der Waals surface area contributed by atoms with Gasteiger partial charge in [-0.2, -0.15) is 18.3 Å². The van der Waals surface area contributed by atoms with Gasteiger partial charge in [-0.15, -0.1) is 0 Å². The number of hydrogen-bond donors (Lipinski definition) is 1. The number of alkyl halides is 3. The molecule has 0 aliphatic rings. The molecule has 0 atom stereocenters. The summed E-state index contributed by atoms with van der Waals surface area (Å²) >= 11 is 3.39. The average molecular weight is 449 g/mol. The van der Waals surface area contributed by atoms with Crippen molar-refractivity contribution in [2.75, 3.05) is 5.43 Å². The Kier molecular flexibility index (Phi) is 6.36. The summed E-state index contributed by atoms with van der Waals surface area (Å²) in [5.74, 6) is 0.625. The van der Waals surface area contributed by atoms with Gasteiger partial charge in [-0.3, -0.25) is 5.43 Å². The number of halogens is 4. The molecule has 3 rings (SSSR count). The number of anilines is 1. The summed E-state index contributed by atoms with van der Waals surface area (Å²) in [6, 6.07) is 19.9. The number of nitrogens with zero attached hydrogens (tertiary/aromatic N) is 1. The lowest BCUT2D eigenvalue weighted by atomic mass is 10.2. The normalized spacial score (nSPS) is 11.6. The summed E-state index contributed by atoms with van der Waals surface area (Å²) in [5, 5.41) is 4.03. The monoisotopic (exact) mass is 448 g/mol. The molecule has 7 heteroatoms. The Balaban J connectivity index is 1.67. The molecule has 0 aliphatic carbocycles. The molecule has 3 nitrogen and oxygen atoms in total. The minimum atomic E-state index is -4.39. The van der Waals surface area contributed by atoms with Crippen molar-refractivity contribution in [1.29, 1.82) is 0 Å². The van der Waals surface area contributed by atoms with Gasteiger partial charge in [0.05, 0.1) is 17.5 Å². The topological polar surface area (TPSA) is 33.6 Å². The number of para-hydroxylation sites is 1. The Bertz CT molecular complexity index is 956. The van der Waals surface area contributed by atoms with Gasteiger partial charge in [-0.25, -0.2) is 0 Å². The van der Waals surface area contributed by atoms with Gasteiger partial charge in [0.15, 0.2) is 0 Å². The van der Waals surface area contributed by atoms with E-state index in [2.05, 4.69) is 26.5 Å². The predicted molar refractivity (Wildman–Crippen MR) is 108 cm³/mol. The van der Waals surface area contributed by atoms with E-state index < -0.39 is 11.7 Å². The summed E-state index contributed by atoms with van der Waals surface area (Å²) < 4.78 is 45.1. The molecule has 3 aromatic carbocycles. The summed E-state index contributed by atoms with van der Waals surface area (Å²) in [5.41, 5.74) is 3.86. The first-order valence-corrected chi connectivity index (χ1v) is 9.14. The zero-order valence-corrected chi connectivity index (χ0v) is 16.2. The molecule has 0 aliphatic heterocycles. The van der Waals surface area contributed by atoms with Crippen LogP contribution in [0.5, 0.6) is 5.75 Å². The van der Waals surface area contributed by atoms with Crippen LogP contribution in [0, 0.1) is 0 Å². The zero-order valence-electron chi connectivity index (χ0n) is 14.6. The van der Waals surface area contributed by atoms with E-state index >= 15 is 0 Å². The largest absolute Gasteiger partial charge is 0.488 e. The third-order valence-electron chi connectivity index (χ3n) is 3.81. The van der Waals surface area contributed by atoms with Gasteiger partial charge in [0, 0.05) is 10.0 Å². The molecule has 0 heterocycles. The lowest BCUT2D eigenvalue weighted by Crippen LogP contribution is -2.05. The highest BCUT2D eigenvalue weighted by molar-refractivity contribution is 9.10. The van der Waals surface area contributed by atoms with Crippen molar-refractivity contribution in [2.24, 2.45) is 5.10 Å². The van der Waals surface area contributed by atoms with Crippen LogP contribution in [0.15, 0.2) is 82.4 Å². The van der Waals surface area contributed by atoms with Crippen LogP contribution in [0.25, 0.3) is 0 Å². The fourth-order valence-corrected chi connectivity index (χ4v) is 2.67. The van der Waals surface area contributed by atoms with Crippen molar-refractivity contribution >= 4 is 27.8 Å². The Morgan fingerprint density at radius 3 is 2.46 bits per heavy atom. The van der Waals surface area contributed by atoms with Gasteiger partial charge in [-0.1, -0.05) is 46.3 Å². The molecule has 0 bridgehead atoms. The van der Waals surface area contributed by atoms with Gasteiger partial charge in [0.2, 0.25) is 0 Å². The molecule has 0 radical (unpaired) electrons. The van der Waals surface area contributed by atoms with Gasteiger partial charge in [0.25, 0.3) is 0 Å². The minimum absolute atomic E-state index is 0.249. The molecule has 0 unspecified atom stereocenters. The first-order chi connectivity index (χ1) is 13.4. The summed E-state index contributed by atoms with van der Waals surface area (Å²) in [7, 11) is 0. The van der Waals surface area contributed by atoms with Gasteiger partial charge in [0.1, 0.15) is 12.4 Å². The molecule has 3 aromatic rings. The molecule has 0 fully saturated rings. The van der Waals surface area contributed by atoms with Crippen LogP contribution in [0.1, 0.15) is 16.7 Å². The number of rotatable bonds is 6. The molecular formula is C21H16BrF3N2O. The van der Waals surface area contributed by atoms with Crippen LogP contribution in [0.3, 0.4) is 0 Å². The van der Waals surface area contributed by atoms with Crippen molar-refractivity contribution in [1.82, 2.24) is 0 Å². The van der Waals surface area contributed by atoms with Crippen molar-refractivity contribution < 1.29 is 17.9 Å². The van der Waals surface area contributed by atoms with E-state index in [4.69, 9.17) is 4.74 Å². The van der Waals surface area contributed by atoms with E-state index in [1.165, 1.54) is 18.3 Å². The second-order valence-electron chi connectivity index (χ2n) is 5.90. The maximum atomic E-state index is 12.8. The van der Waals surface area contributed by atoms with E-state index in [-0.39, 0.29) is 5.69 Å². The first-order valence-electron chi connectivity index (χ1n) is 8.34. The SMILES string of the molecule is FC(F)(F)c1cccc(NN=Cc2ccccc2OCc2ccc(Br)cc2)c1. The number of nitrogens with one attached hydrogen (secondary N) is 1. The van der Waals surface area contributed by atoms with Crippen molar-refractivity contribution in [3.05, 3.63) is 94.0 Å². The molecular weight excluding hydrogens is 433 g/mol. The van der Waals surface area contributed by atoms with Crippen molar-refractivity contribution in [3.8, 4) is 5.75 Å². The highest BCUT2D eigenvalue weighted by Gasteiger charge is 2.30. The van der Waals surface area contributed by atoms with Crippen LogP contribution in [0.2, 0.25) is 0 Å².